The molecule has 0 unspecified atom stereocenters. The molecule has 6 heteroatoms. The molecule has 2 rings (SSSR count). The van der Waals surface area contributed by atoms with Crippen molar-refractivity contribution in [3.63, 3.8) is 0 Å². The summed E-state index contributed by atoms with van der Waals surface area (Å²) in [6.45, 7) is 3.41. The molecule has 0 aliphatic carbocycles. The summed E-state index contributed by atoms with van der Waals surface area (Å²) in [5, 5.41) is 3.28. The Hall–Kier alpha value is -2.04. The number of carbonyl (C=O) groups is 2. The highest BCUT2D eigenvalue weighted by Gasteiger charge is 2.20. The van der Waals surface area contributed by atoms with Gasteiger partial charge in [0, 0.05) is 10.7 Å². The Labute approximate surface area is 144 Å². The van der Waals surface area contributed by atoms with E-state index in [1.54, 1.807) is 6.07 Å². The molecular weight excluding hydrogens is 337 g/mol. The molecule has 0 saturated heterocycles. The maximum atomic E-state index is 12.1. The summed E-state index contributed by atoms with van der Waals surface area (Å²) < 4.78 is 5.14. The Bertz CT molecular complexity index is 746. The van der Waals surface area contributed by atoms with Gasteiger partial charge in [0.2, 0.25) is 0 Å². The number of anilines is 1. The van der Waals surface area contributed by atoms with Crippen molar-refractivity contribution in [3.05, 3.63) is 63.6 Å². The van der Waals surface area contributed by atoms with Crippen LogP contribution in [-0.4, -0.2) is 18.0 Å². The van der Waals surface area contributed by atoms with Gasteiger partial charge in [-0.25, -0.2) is 4.79 Å². The van der Waals surface area contributed by atoms with Crippen LogP contribution in [0.1, 0.15) is 22.8 Å². The number of nitrogens with one attached hydrogen (secondary N) is 1. The quantitative estimate of drug-likeness (QED) is 0.825. The number of carbonyl (C=O) groups excluding carboxylic acids is 2. The van der Waals surface area contributed by atoms with Gasteiger partial charge in [0.25, 0.3) is 5.91 Å². The molecule has 0 heterocycles. The number of hydrogen-bond acceptors (Lipinski definition) is 3. The zero-order valence-electron chi connectivity index (χ0n) is 12.6. The zero-order valence-corrected chi connectivity index (χ0v) is 14.1. The fourth-order valence-electron chi connectivity index (χ4n) is 1.90. The molecule has 0 aromatic heterocycles. The molecule has 0 spiro atoms. The number of halogens is 2. The molecule has 2 aromatic carbocycles. The van der Waals surface area contributed by atoms with Crippen molar-refractivity contribution in [2.75, 3.05) is 5.32 Å². The molecule has 0 radical (unpaired) electrons. The molecule has 1 amide bonds. The van der Waals surface area contributed by atoms with Gasteiger partial charge in [0.15, 0.2) is 6.10 Å². The predicted octanol–water partition coefficient (Wildman–Crippen LogP) is 4.49. The van der Waals surface area contributed by atoms with Gasteiger partial charge in [-0.15, -0.1) is 0 Å². The number of rotatable bonds is 4. The van der Waals surface area contributed by atoms with Crippen LogP contribution >= 0.6 is 23.2 Å². The van der Waals surface area contributed by atoms with Crippen molar-refractivity contribution in [2.45, 2.75) is 20.0 Å². The Morgan fingerprint density at radius 1 is 1.13 bits per heavy atom. The van der Waals surface area contributed by atoms with E-state index in [2.05, 4.69) is 5.32 Å². The molecule has 120 valence electrons. The van der Waals surface area contributed by atoms with Crippen molar-refractivity contribution in [1.82, 2.24) is 0 Å². The van der Waals surface area contributed by atoms with Gasteiger partial charge in [-0.2, -0.15) is 0 Å². The Kier molecular flexibility index (Phi) is 5.64. The third kappa shape index (κ3) is 4.71. The first kappa shape index (κ1) is 17.3. The fraction of sp³-hybridized carbons (Fsp3) is 0.176. The van der Waals surface area contributed by atoms with Gasteiger partial charge in [0.05, 0.1) is 10.6 Å². The van der Waals surface area contributed by atoms with Crippen molar-refractivity contribution in [2.24, 2.45) is 0 Å². The minimum absolute atomic E-state index is 0.159. The summed E-state index contributed by atoms with van der Waals surface area (Å²) in [5.41, 5.74) is 1.81. The molecular formula is C17H15Cl2NO3. The molecule has 0 bridgehead atoms. The topological polar surface area (TPSA) is 55.4 Å². The number of amides is 1. The lowest BCUT2D eigenvalue weighted by Gasteiger charge is -2.14. The second-order valence-electron chi connectivity index (χ2n) is 5.03. The van der Waals surface area contributed by atoms with E-state index in [4.69, 9.17) is 27.9 Å². The summed E-state index contributed by atoms with van der Waals surface area (Å²) in [6.07, 6.45) is -0.963. The SMILES string of the molecule is Cc1cccc(NC(=O)[C@H](C)OC(=O)c2ccc(Cl)cc2Cl)c1. The molecule has 2 aromatic rings. The Morgan fingerprint density at radius 3 is 2.52 bits per heavy atom. The summed E-state index contributed by atoms with van der Waals surface area (Å²) in [7, 11) is 0. The smallest absolute Gasteiger partial charge is 0.340 e. The molecule has 1 atom stereocenters. The van der Waals surface area contributed by atoms with Crippen LogP contribution in [-0.2, 0) is 9.53 Å². The summed E-state index contributed by atoms with van der Waals surface area (Å²) in [5.74, 6) is -1.10. The van der Waals surface area contributed by atoms with Crippen molar-refractivity contribution in [3.8, 4) is 0 Å². The maximum Gasteiger partial charge on any atom is 0.340 e. The first-order valence-electron chi connectivity index (χ1n) is 6.90. The zero-order chi connectivity index (χ0) is 17.0. The summed E-state index contributed by atoms with van der Waals surface area (Å²) in [6, 6.07) is 11.8. The number of esters is 1. The van der Waals surface area contributed by atoms with Gasteiger partial charge in [0.1, 0.15) is 0 Å². The van der Waals surface area contributed by atoms with E-state index in [1.807, 2.05) is 25.1 Å². The van der Waals surface area contributed by atoms with Crippen LogP contribution in [0.25, 0.3) is 0 Å². The predicted molar refractivity (Wildman–Crippen MR) is 91.1 cm³/mol. The second-order valence-corrected chi connectivity index (χ2v) is 5.87. The normalized spacial score (nSPS) is 11.7. The largest absolute Gasteiger partial charge is 0.449 e. The highest BCUT2D eigenvalue weighted by atomic mass is 35.5. The second kappa shape index (κ2) is 7.49. The molecule has 0 aliphatic heterocycles. The number of hydrogen-bond donors (Lipinski definition) is 1. The molecule has 4 nitrogen and oxygen atoms in total. The minimum atomic E-state index is -0.963. The van der Waals surface area contributed by atoms with Crippen LogP contribution in [0.3, 0.4) is 0 Å². The molecule has 0 saturated carbocycles. The van der Waals surface area contributed by atoms with E-state index in [0.29, 0.717) is 10.7 Å². The molecule has 23 heavy (non-hydrogen) atoms. The van der Waals surface area contributed by atoms with E-state index in [1.165, 1.54) is 25.1 Å². The van der Waals surface area contributed by atoms with Gasteiger partial charge in [-0.1, -0.05) is 35.3 Å². The van der Waals surface area contributed by atoms with Gasteiger partial charge < -0.3 is 10.1 Å². The van der Waals surface area contributed by atoms with E-state index in [-0.39, 0.29) is 10.6 Å². The standard InChI is InChI=1S/C17H15Cl2NO3/c1-10-4-3-5-13(8-10)20-16(21)11(2)23-17(22)14-7-6-12(18)9-15(14)19/h3-9,11H,1-2H3,(H,20,21)/t11-/m0/s1. The summed E-state index contributed by atoms with van der Waals surface area (Å²) >= 11 is 11.7. The lowest BCUT2D eigenvalue weighted by Crippen LogP contribution is -2.30. The maximum absolute atomic E-state index is 12.1. The molecule has 0 aliphatic rings. The van der Waals surface area contributed by atoms with Crippen LogP contribution in [0.5, 0.6) is 0 Å². The third-order valence-corrected chi connectivity index (χ3v) is 3.64. The van der Waals surface area contributed by atoms with E-state index >= 15 is 0 Å². The van der Waals surface area contributed by atoms with E-state index < -0.39 is 18.0 Å². The lowest BCUT2D eigenvalue weighted by atomic mass is 10.2. The number of ether oxygens (including phenoxy) is 1. The van der Waals surface area contributed by atoms with Gasteiger partial charge in [-0.3, -0.25) is 4.79 Å². The first-order valence-corrected chi connectivity index (χ1v) is 7.66. The van der Waals surface area contributed by atoms with Crippen LogP contribution in [0.15, 0.2) is 42.5 Å². The van der Waals surface area contributed by atoms with E-state index in [0.717, 1.165) is 5.56 Å². The van der Waals surface area contributed by atoms with Crippen LogP contribution in [0.4, 0.5) is 5.69 Å². The highest BCUT2D eigenvalue weighted by molar-refractivity contribution is 6.36. The first-order chi connectivity index (χ1) is 10.9. The van der Waals surface area contributed by atoms with Crippen LogP contribution < -0.4 is 5.32 Å². The highest BCUT2D eigenvalue weighted by Crippen LogP contribution is 2.22. The lowest BCUT2D eigenvalue weighted by molar-refractivity contribution is -0.123. The monoisotopic (exact) mass is 351 g/mol. The molecule has 0 fully saturated rings. The van der Waals surface area contributed by atoms with Gasteiger partial charge in [-0.05, 0) is 49.7 Å². The van der Waals surface area contributed by atoms with Crippen molar-refractivity contribution >= 4 is 40.8 Å². The average Bonchev–Trinajstić information content (AvgIpc) is 2.46. The fourth-order valence-corrected chi connectivity index (χ4v) is 2.38. The van der Waals surface area contributed by atoms with Crippen molar-refractivity contribution < 1.29 is 14.3 Å². The molecule has 1 N–H and O–H groups in total. The number of aryl methyl sites for hydroxylation is 1. The third-order valence-electron chi connectivity index (χ3n) is 3.09. The van der Waals surface area contributed by atoms with Crippen LogP contribution in [0, 0.1) is 6.92 Å². The van der Waals surface area contributed by atoms with E-state index in [9.17, 15) is 9.59 Å². The number of benzene rings is 2. The summed E-state index contributed by atoms with van der Waals surface area (Å²) in [4.78, 5) is 24.2. The van der Waals surface area contributed by atoms with Crippen LogP contribution in [0.2, 0.25) is 10.0 Å². The minimum Gasteiger partial charge on any atom is -0.449 e. The average molecular weight is 352 g/mol. The Balaban J connectivity index is 2.01. The van der Waals surface area contributed by atoms with Gasteiger partial charge >= 0.3 is 5.97 Å². The Morgan fingerprint density at radius 2 is 1.87 bits per heavy atom. The van der Waals surface area contributed by atoms with Crippen molar-refractivity contribution in [1.29, 1.82) is 0 Å².